The van der Waals surface area contributed by atoms with Gasteiger partial charge in [0.05, 0.1) is 0 Å². The first-order valence-electron chi connectivity index (χ1n) is 7.55. The Balaban J connectivity index is 1.85. The van der Waals surface area contributed by atoms with Gasteiger partial charge >= 0.3 is 5.97 Å². The zero-order valence-electron chi connectivity index (χ0n) is 11.8. The number of piperazine rings is 1. The molecule has 108 valence electrons. The molecule has 1 N–H and O–H groups in total. The summed E-state index contributed by atoms with van der Waals surface area (Å²) >= 11 is 0. The summed E-state index contributed by atoms with van der Waals surface area (Å²) in [5.41, 5.74) is -0.609. The number of fused-ring (bicyclic) bond motifs is 1. The zero-order chi connectivity index (χ0) is 13.5. The van der Waals surface area contributed by atoms with Crippen molar-refractivity contribution < 1.29 is 9.90 Å². The summed E-state index contributed by atoms with van der Waals surface area (Å²) in [7, 11) is 2.12. The van der Waals surface area contributed by atoms with Gasteiger partial charge in [0, 0.05) is 38.8 Å². The fraction of sp³-hybridized carbons (Fsp3) is 0.929. The topological polar surface area (TPSA) is 47.0 Å². The minimum absolute atomic E-state index is 0.238. The number of rotatable bonds is 2. The van der Waals surface area contributed by atoms with Gasteiger partial charge in [-0.15, -0.1) is 0 Å². The van der Waals surface area contributed by atoms with E-state index in [9.17, 15) is 9.90 Å². The maximum atomic E-state index is 12.1. The second-order valence-electron chi connectivity index (χ2n) is 6.32. The van der Waals surface area contributed by atoms with Gasteiger partial charge in [-0.3, -0.25) is 14.6 Å². The second kappa shape index (κ2) is 5.04. The van der Waals surface area contributed by atoms with Crippen molar-refractivity contribution in [2.24, 2.45) is 0 Å². The molecule has 0 spiro atoms. The number of carbonyl (C=O) groups is 1. The van der Waals surface area contributed by atoms with Gasteiger partial charge in [-0.2, -0.15) is 0 Å². The molecule has 3 fully saturated rings. The highest BCUT2D eigenvalue weighted by atomic mass is 16.4. The van der Waals surface area contributed by atoms with Gasteiger partial charge in [0.1, 0.15) is 5.54 Å². The van der Waals surface area contributed by atoms with E-state index in [0.29, 0.717) is 0 Å². The maximum Gasteiger partial charge on any atom is 0.325 e. The molecule has 2 unspecified atom stereocenters. The molecule has 5 nitrogen and oxygen atoms in total. The van der Waals surface area contributed by atoms with Gasteiger partial charge in [0.25, 0.3) is 0 Å². The Morgan fingerprint density at radius 1 is 1.11 bits per heavy atom. The summed E-state index contributed by atoms with van der Waals surface area (Å²) in [6, 6.07) is 0.238. The van der Waals surface area contributed by atoms with Crippen molar-refractivity contribution in [1.29, 1.82) is 0 Å². The Morgan fingerprint density at radius 3 is 2.53 bits per heavy atom. The van der Waals surface area contributed by atoms with Crippen molar-refractivity contribution in [3.63, 3.8) is 0 Å². The van der Waals surface area contributed by atoms with Crippen LogP contribution in [-0.4, -0.2) is 83.7 Å². The highest BCUT2D eigenvalue weighted by molar-refractivity contribution is 5.80. The molecule has 2 atom stereocenters. The van der Waals surface area contributed by atoms with Crippen LogP contribution in [0.2, 0.25) is 0 Å². The molecule has 3 aliphatic rings. The minimum Gasteiger partial charge on any atom is -0.480 e. The fourth-order valence-electron chi connectivity index (χ4n) is 4.24. The predicted molar refractivity (Wildman–Crippen MR) is 73.3 cm³/mol. The number of aliphatic carboxylic acids is 1. The summed E-state index contributed by atoms with van der Waals surface area (Å²) < 4.78 is 0. The number of likely N-dealkylation sites (N-methyl/N-ethyl adjacent to an activating group) is 1. The smallest absolute Gasteiger partial charge is 0.325 e. The number of carboxylic acids is 1. The lowest BCUT2D eigenvalue weighted by Crippen LogP contribution is -2.66. The molecule has 19 heavy (non-hydrogen) atoms. The van der Waals surface area contributed by atoms with Crippen molar-refractivity contribution in [3.8, 4) is 0 Å². The number of carboxylic acid groups (broad SMARTS) is 1. The number of piperidine rings is 1. The highest BCUT2D eigenvalue weighted by Gasteiger charge is 2.57. The van der Waals surface area contributed by atoms with Crippen molar-refractivity contribution >= 4 is 5.97 Å². The van der Waals surface area contributed by atoms with E-state index in [0.717, 1.165) is 52.1 Å². The lowest BCUT2D eigenvalue weighted by Gasteiger charge is -2.47. The van der Waals surface area contributed by atoms with Crippen LogP contribution in [0.1, 0.15) is 25.7 Å². The molecule has 3 heterocycles. The van der Waals surface area contributed by atoms with E-state index in [1.54, 1.807) is 0 Å². The monoisotopic (exact) mass is 267 g/mol. The van der Waals surface area contributed by atoms with Gasteiger partial charge in [-0.1, -0.05) is 6.42 Å². The molecule has 3 saturated heterocycles. The number of hydrogen-bond acceptors (Lipinski definition) is 4. The fourth-order valence-corrected chi connectivity index (χ4v) is 4.24. The van der Waals surface area contributed by atoms with Crippen LogP contribution in [0.15, 0.2) is 0 Å². The summed E-state index contributed by atoms with van der Waals surface area (Å²) in [6.45, 7) is 5.82. The summed E-state index contributed by atoms with van der Waals surface area (Å²) in [6.07, 6.45) is 4.27. The largest absolute Gasteiger partial charge is 0.480 e. The third-order valence-corrected chi connectivity index (χ3v) is 5.38. The molecular formula is C14H25N3O2. The third kappa shape index (κ3) is 2.08. The number of nitrogens with zero attached hydrogens (tertiary/aromatic N) is 3. The Labute approximate surface area is 115 Å². The van der Waals surface area contributed by atoms with Crippen LogP contribution >= 0.6 is 0 Å². The standard InChI is InChI=1S/C14H25N3O2/c1-15-8-10-17(11-9-15)14(13(18)19)5-7-16-6-3-2-4-12(14)16/h12H,2-11H2,1H3,(H,18,19). The van der Waals surface area contributed by atoms with E-state index in [1.165, 1.54) is 12.8 Å². The predicted octanol–water partition coefficient (Wildman–Crippen LogP) is 0.315. The van der Waals surface area contributed by atoms with Gasteiger partial charge in [-0.05, 0) is 32.9 Å². The molecule has 0 aromatic heterocycles. The Bertz CT molecular complexity index is 355. The molecule has 0 aromatic rings. The van der Waals surface area contributed by atoms with Gasteiger partial charge in [-0.25, -0.2) is 0 Å². The lowest BCUT2D eigenvalue weighted by atomic mass is 9.83. The van der Waals surface area contributed by atoms with Crippen molar-refractivity contribution in [2.75, 3.05) is 46.3 Å². The second-order valence-corrected chi connectivity index (χ2v) is 6.32. The highest BCUT2D eigenvalue weighted by Crippen LogP contribution is 2.40. The molecule has 0 aromatic carbocycles. The van der Waals surface area contributed by atoms with Crippen LogP contribution in [0.25, 0.3) is 0 Å². The average molecular weight is 267 g/mol. The third-order valence-electron chi connectivity index (χ3n) is 5.38. The van der Waals surface area contributed by atoms with Crippen LogP contribution in [-0.2, 0) is 4.79 Å². The van der Waals surface area contributed by atoms with E-state index in [2.05, 4.69) is 21.7 Å². The van der Waals surface area contributed by atoms with Gasteiger partial charge < -0.3 is 10.0 Å². The molecule has 3 rings (SSSR count). The van der Waals surface area contributed by atoms with Crippen molar-refractivity contribution in [1.82, 2.24) is 14.7 Å². The molecule has 0 bridgehead atoms. The summed E-state index contributed by atoms with van der Waals surface area (Å²) in [4.78, 5) is 19.1. The van der Waals surface area contributed by atoms with Crippen molar-refractivity contribution in [3.05, 3.63) is 0 Å². The first-order valence-corrected chi connectivity index (χ1v) is 7.55. The normalized spacial score (nSPS) is 38.3. The van der Waals surface area contributed by atoms with Crippen LogP contribution in [0, 0.1) is 0 Å². The molecule has 0 saturated carbocycles. The zero-order valence-corrected chi connectivity index (χ0v) is 11.8. The van der Waals surface area contributed by atoms with Crippen LogP contribution in [0.4, 0.5) is 0 Å². The van der Waals surface area contributed by atoms with Gasteiger partial charge in [0.15, 0.2) is 0 Å². The van der Waals surface area contributed by atoms with Crippen LogP contribution < -0.4 is 0 Å². The molecule has 0 aliphatic carbocycles. The summed E-state index contributed by atoms with van der Waals surface area (Å²) in [5, 5.41) is 9.94. The Hall–Kier alpha value is -0.650. The van der Waals surface area contributed by atoms with Crippen LogP contribution in [0.5, 0.6) is 0 Å². The quantitative estimate of drug-likeness (QED) is 0.780. The maximum absolute atomic E-state index is 12.1. The Morgan fingerprint density at radius 2 is 1.84 bits per heavy atom. The van der Waals surface area contributed by atoms with Crippen molar-refractivity contribution in [2.45, 2.75) is 37.3 Å². The molecule has 0 radical (unpaired) electrons. The summed E-state index contributed by atoms with van der Waals surface area (Å²) in [5.74, 6) is -0.591. The molecule has 0 amide bonds. The number of hydrogen-bond donors (Lipinski definition) is 1. The van der Waals surface area contributed by atoms with Gasteiger partial charge in [0.2, 0.25) is 0 Å². The van der Waals surface area contributed by atoms with E-state index >= 15 is 0 Å². The van der Waals surface area contributed by atoms with E-state index < -0.39 is 11.5 Å². The SMILES string of the molecule is CN1CCN(C2(C(=O)O)CCN3CCCCC32)CC1. The minimum atomic E-state index is -0.609. The van der Waals surface area contributed by atoms with Crippen LogP contribution in [0.3, 0.4) is 0 Å². The average Bonchev–Trinajstić information content (AvgIpc) is 2.80. The lowest BCUT2D eigenvalue weighted by molar-refractivity contribution is -0.156. The first-order chi connectivity index (χ1) is 9.14. The van der Waals surface area contributed by atoms with E-state index in [-0.39, 0.29) is 6.04 Å². The van der Waals surface area contributed by atoms with E-state index in [4.69, 9.17) is 0 Å². The molecule has 5 heteroatoms. The molecule has 3 aliphatic heterocycles. The first kappa shape index (κ1) is 13.3. The molecular weight excluding hydrogens is 242 g/mol. The Kier molecular flexibility index (Phi) is 3.53. The van der Waals surface area contributed by atoms with E-state index in [1.807, 2.05) is 0 Å².